The molecule has 26 heavy (non-hydrogen) atoms. The van der Waals surface area contributed by atoms with Crippen LogP contribution in [-0.4, -0.2) is 58.0 Å². The molecule has 8 nitrogen and oxygen atoms in total. The van der Waals surface area contributed by atoms with Crippen LogP contribution in [0, 0.1) is 6.92 Å². The molecule has 1 saturated heterocycles. The standard InChI is InChI=1S/C18H26N6O2/c1-3-26-10-9-24-16(11-14(2)22-24)18(25)21-15-5-4-8-23(13-15)17-12-19-6-7-20-17/h6-7,11-12,15H,3-5,8-10,13H2,1-2H3,(H,21,25)/t15-/m0/s1. The van der Waals surface area contributed by atoms with Crippen LogP contribution in [0.5, 0.6) is 0 Å². The second-order valence-electron chi connectivity index (χ2n) is 6.41. The van der Waals surface area contributed by atoms with E-state index in [1.54, 1.807) is 23.3 Å². The maximum Gasteiger partial charge on any atom is 0.269 e. The summed E-state index contributed by atoms with van der Waals surface area (Å²) < 4.78 is 7.11. The molecule has 1 fully saturated rings. The highest BCUT2D eigenvalue weighted by Gasteiger charge is 2.24. The Kier molecular flexibility index (Phi) is 6.17. The lowest BCUT2D eigenvalue weighted by Gasteiger charge is -2.33. The molecule has 0 aromatic carbocycles. The third kappa shape index (κ3) is 4.57. The van der Waals surface area contributed by atoms with E-state index >= 15 is 0 Å². The lowest BCUT2D eigenvalue weighted by atomic mass is 10.1. The molecule has 0 unspecified atom stereocenters. The summed E-state index contributed by atoms with van der Waals surface area (Å²) in [5.74, 6) is 0.761. The zero-order valence-corrected chi connectivity index (χ0v) is 15.4. The zero-order valence-electron chi connectivity index (χ0n) is 15.4. The molecule has 1 amide bonds. The average molecular weight is 358 g/mol. The Morgan fingerprint density at radius 2 is 2.31 bits per heavy atom. The number of aryl methyl sites for hydroxylation is 1. The minimum absolute atomic E-state index is 0.0776. The van der Waals surface area contributed by atoms with Crippen molar-refractivity contribution in [2.24, 2.45) is 0 Å². The van der Waals surface area contributed by atoms with Gasteiger partial charge in [-0.2, -0.15) is 5.10 Å². The molecule has 3 heterocycles. The highest BCUT2D eigenvalue weighted by atomic mass is 16.5. The molecular formula is C18H26N6O2. The summed E-state index contributed by atoms with van der Waals surface area (Å²) >= 11 is 0. The number of carbonyl (C=O) groups is 1. The summed E-state index contributed by atoms with van der Waals surface area (Å²) in [5.41, 5.74) is 1.41. The number of anilines is 1. The molecular weight excluding hydrogens is 332 g/mol. The number of carbonyl (C=O) groups excluding carboxylic acids is 1. The van der Waals surface area contributed by atoms with Crippen LogP contribution >= 0.6 is 0 Å². The molecule has 2 aromatic heterocycles. The van der Waals surface area contributed by atoms with Crippen LogP contribution in [0.4, 0.5) is 5.82 Å². The SMILES string of the molecule is CCOCCn1nc(C)cc1C(=O)N[C@H]1CCCN(c2cnccn2)C1. The smallest absolute Gasteiger partial charge is 0.269 e. The van der Waals surface area contributed by atoms with E-state index in [-0.39, 0.29) is 11.9 Å². The highest BCUT2D eigenvalue weighted by molar-refractivity contribution is 5.93. The van der Waals surface area contributed by atoms with Crippen LogP contribution in [0.25, 0.3) is 0 Å². The summed E-state index contributed by atoms with van der Waals surface area (Å²) in [6, 6.07) is 1.90. The van der Waals surface area contributed by atoms with E-state index in [0.717, 1.165) is 37.4 Å². The highest BCUT2D eigenvalue weighted by Crippen LogP contribution is 2.17. The molecule has 3 rings (SSSR count). The monoisotopic (exact) mass is 358 g/mol. The average Bonchev–Trinajstić information content (AvgIpc) is 3.04. The number of nitrogens with one attached hydrogen (secondary N) is 1. The first-order chi connectivity index (χ1) is 12.7. The Bertz CT molecular complexity index is 718. The Balaban J connectivity index is 1.62. The van der Waals surface area contributed by atoms with E-state index in [0.29, 0.717) is 25.5 Å². The molecule has 0 bridgehead atoms. The largest absolute Gasteiger partial charge is 0.380 e. The number of hydrogen-bond donors (Lipinski definition) is 1. The van der Waals surface area contributed by atoms with Gasteiger partial charge in [-0.3, -0.25) is 14.5 Å². The summed E-state index contributed by atoms with van der Waals surface area (Å²) in [7, 11) is 0. The van der Waals surface area contributed by atoms with Gasteiger partial charge in [0.2, 0.25) is 0 Å². The Morgan fingerprint density at radius 1 is 1.42 bits per heavy atom. The van der Waals surface area contributed by atoms with Gasteiger partial charge in [0.15, 0.2) is 0 Å². The summed E-state index contributed by atoms with van der Waals surface area (Å²) in [6.07, 6.45) is 7.07. The lowest BCUT2D eigenvalue weighted by molar-refractivity contribution is 0.0915. The quantitative estimate of drug-likeness (QED) is 0.754. The van der Waals surface area contributed by atoms with E-state index in [1.807, 2.05) is 19.9 Å². The summed E-state index contributed by atoms with van der Waals surface area (Å²) in [6.45, 7) is 7.27. The van der Waals surface area contributed by atoms with Gasteiger partial charge in [0, 0.05) is 38.1 Å². The van der Waals surface area contributed by atoms with Crippen molar-refractivity contribution in [1.82, 2.24) is 25.1 Å². The number of aromatic nitrogens is 4. The molecule has 0 saturated carbocycles. The van der Waals surface area contributed by atoms with Gasteiger partial charge in [0.05, 0.1) is 25.0 Å². The predicted octanol–water partition coefficient (Wildman–Crippen LogP) is 1.42. The molecule has 1 atom stereocenters. The molecule has 0 radical (unpaired) electrons. The maximum absolute atomic E-state index is 12.8. The van der Waals surface area contributed by atoms with Gasteiger partial charge in [-0.25, -0.2) is 4.98 Å². The first-order valence-electron chi connectivity index (χ1n) is 9.11. The van der Waals surface area contributed by atoms with Crippen LogP contribution in [0.3, 0.4) is 0 Å². The third-order valence-corrected chi connectivity index (χ3v) is 4.42. The van der Waals surface area contributed by atoms with E-state index in [2.05, 4.69) is 25.3 Å². The predicted molar refractivity (Wildman–Crippen MR) is 98.2 cm³/mol. The molecule has 2 aromatic rings. The van der Waals surface area contributed by atoms with Gasteiger partial charge in [0.1, 0.15) is 11.5 Å². The van der Waals surface area contributed by atoms with Crippen LogP contribution in [0.2, 0.25) is 0 Å². The fourth-order valence-electron chi connectivity index (χ4n) is 3.21. The molecule has 1 N–H and O–H groups in total. The number of nitrogens with zero attached hydrogens (tertiary/aromatic N) is 5. The van der Waals surface area contributed by atoms with Gasteiger partial charge in [-0.1, -0.05) is 0 Å². The van der Waals surface area contributed by atoms with E-state index < -0.39 is 0 Å². The van der Waals surface area contributed by atoms with E-state index in [4.69, 9.17) is 4.74 Å². The Morgan fingerprint density at radius 3 is 3.08 bits per heavy atom. The van der Waals surface area contributed by atoms with Crippen LogP contribution in [0.1, 0.15) is 35.9 Å². The van der Waals surface area contributed by atoms with Crippen LogP contribution in [-0.2, 0) is 11.3 Å². The van der Waals surface area contributed by atoms with Gasteiger partial charge in [-0.15, -0.1) is 0 Å². The van der Waals surface area contributed by atoms with Crippen molar-refractivity contribution >= 4 is 11.7 Å². The molecule has 1 aliphatic heterocycles. The normalized spacial score (nSPS) is 17.3. The van der Waals surface area contributed by atoms with Crippen LogP contribution < -0.4 is 10.2 Å². The van der Waals surface area contributed by atoms with Crippen molar-refractivity contribution in [3.05, 3.63) is 36.0 Å². The van der Waals surface area contributed by atoms with Crippen molar-refractivity contribution < 1.29 is 9.53 Å². The second-order valence-corrected chi connectivity index (χ2v) is 6.41. The summed E-state index contributed by atoms with van der Waals surface area (Å²) in [4.78, 5) is 23.4. The molecule has 8 heteroatoms. The van der Waals surface area contributed by atoms with Gasteiger partial charge < -0.3 is 15.0 Å². The number of rotatable bonds is 7. The van der Waals surface area contributed by atoms with Crippen LogP contribution in [0.15, 0.2) is 24.7 Å². The van der Waals surface area contributed by atoms with E-state index in [9.17, 15) is 4.79 Å². The van der Waals surface area contributed by atoms with Crippen molar-refractivity contribution in [2.75, 3.05) is 31.2 Å². The minimum Gasteiger partial charge on any atom is -0.380 e. The van der Waals surface area contributed by atoms with Gasteiger partial charge >= 0.3 is 0 Å². The fraction of sp³-hybridized carbons (Fsp3) is 0.556. The van der Waals surface area contributed by atoms with Crippen molar-refractivity contribution in [2.45, 2.75) is 39.3 Å². The Labute approximate surface area is 153 Å². The minimum atomic E-state index is -0.0897. The van der Waals surface area contributed by atoms with Gasteiger partial charge in [-0.05, 0) is 32.8 Å². The lowest BCUT2D eigenvalue weighted by Crippen LogP contribution is -2.48. The number of piperidine rings is 1. The number of hydrogen-bond acceptors (Lipinski definition) is 6. The fourth-order valence-corrected chi connectivity index (χ4v) is 3.21. The molecule has 140 valence electrons. The van der Waals surface area contributed by atoms with Crippen molar-refractivity contribution in [3.63, 3.8) is 0 Å². The maximum atomic E-state index is 12.8. The second kappa shape index (κ2) is 8.75. The first kappa shape index (κ1) is 18.3. The first-order valence-corrected chi connectivity index (χ1v) is 9.11. The molecule has 0 spiro atoms. The Hall–Kier alpha value is -2.48. The zero-order chi connectivity index (χ0) is 18.4. The number of ether oxygens (including phenoxy) is 1. The van der Waals surface area contributed by atoms with Crippen molar-refractivity contribution in [1.29, 1.82) is 0 Å². The summed E-state index contributed by atoms with van der Waals surface area (Å²) in [5, 5.41) is 7.55. The molecule has 1 aliphatic rings. The molecule has 0 aliphatic carbocycles. The van der Waals surface area contributed by atoms with Crippen molar-refractivity contribution in [3.8, 4) is 0 Å². The topological polar surface area (TPSA) is 85.2 Å². The van der Waals surface area contributed by atoms with Gasteiger partial charge in [0.25, 0.3) is 5.91 Å². The number of amides is 1. The third-order valence-electron chi connectivity index (χ3n) is 4.42. The van der Waals surface area contributed by atoms with E-state index in [1.165, 1.54) is 0 Å².